The lowest BCUT2D eigenvalue weighted by molar-refractivity contribution is -0.127. The number of amides is 1. The molecule has 0 bridgehead atoms. The van der Waals surface area contributed by atoms with Crippen molar-refractivity contribution in [2.75, 3.05) is 19.3 Å². The molecule has 1 fully saturated rings. The van der Waals surface area contributed by atoms with Crippen LogP contribution in [0.3, 0.4) is 0 Å². The van der Waals surface area contributed by atoms with Gasteiger partial charge in [-0.25, -0.2) is 12.7 Å². The largest absolute Gasteiger partial charge is 0.487 e. The van der Waals surface area contributed by atoms with Crippen molar-refractivity contribution in [3.63, 3.8) is 0 Å². The summed E-state index contributed by atoms with van der Waals surface area (Å²) in [4.78, 5) is 12.8. The third-order valence-electron chi connectivity index (χ3n) is 4.92. The number of carbonyl (C=O) groups excluding carboxylic acids is 1. The van der Waals surface area contributed by atoms with Crippen LogP contribution in [-0.2, 0) is 14.8 Å². The van der Waals surface area contributed by atoms with Crippen LogP contribution in [0.2, 0.25) is 0 Å². The van der Waals surface area contributed by atoms with Crippen molar-refractivity contribution >= 4 is 15.9 Å². The predicted octanol–water partition coefficient (Wildman–Crippen LogP) is 2.08. The molecule has 25 heavy (non-hydrogen) atoms. The van der Waals surface area contributed by atoms with Crippen LogP contribution in [0.5, 0.6) is 5.75 Å². The number of piperidine rings is 1. The third kappa shape index (κ3) is 4.15. The van der Waals surface area contributed by atoms with Gasteiger partial charge in [0, 0.05) is 25.1 Å². The Morgan fingerprint density at radius 1 is 1.32 bits per heavy atom. The van der Waals surface area contributed by atoms with Crippen molar-refractivity contribution in [1.29, 1.82) is 0 Å². The fourth-order valence-electron chi connectivity index (χ4n) is 3.68. The van der Waals surface area contributed by atoms with E-state index >= 15 is 0 Å². The Bertz CT molecular complexity index is 760. The van der Waals surface area contributed by atoms with Gasteiger partial charge in [-0.05, 0) is 32.8 Å². The van der Waals surface area contributed by atoms with Crippen LogP contribution in [0, 0.1) is 5.92 Å². The Kier molecular flexibility index (Phi) is 4.81. The molecular formula is C18H26N2O4S. The van der Waals surface area contributed by atoms with Gasteiger partial charge in [-0.3, -0.25) is 4.79 Å². The number of benzene rings is 1. The lowest BCUT2D eigenvalue weighted by atomic mass is 9.89. The first-order chi connectivity index (χ1) is 11.7. The number of carbonyl (C=O) groups is 1. The summed E-state index contributed by atoms with van der Waals surface area (Å²) < 4.78 is 30.9. The highest BCUT2D eigenvalue weighted by Crippen LogP contribution is 2.39. The highest BCUT2D eigenvalue weighted by atomic mass is 32.2. The SMILES string of the molecule is CC1(C)C[C@H](NC(=O)[C@@H]2CCCN(S(C)(=O)=O)C2)c2ccccc2O1. The quantitative estimate of drug-likeness (QED) is 0.889. The monoisotopic (exact) mass is 366 g/mol. The second kappa shape index (κ2) is 6.61. The van der Waals surface area contributed by atoms with Gasteiger partial charge >= 0.3 is 0 Å². The van der Waals surface area contributed by atoms with Crippen molar-refractivity contribution in [2.24, 2.45) is 5.92 Å². The van der Waals surface area contributed by atoms with Crippen molar-refractivity contribution in [3.05, 3.63) is 29.8 Å². The zero-order valence-corrected chi connectivity index (χ0v) is 15.8. The molecule has 0 saturated carbocycles. The molecule has 1 amide bonds. The van der Waals surface area contributed by atoms with Crippen LogP contribution in [0.25, 0.3) is 0 Å². The van der Waals surface area contributed by atoms with E-state index in [-0.39, 0.29) is 30.0 Å². The Morgan fingerprint density at radius 2 is 2.04 bits per heavy atom. The minimum absolute atomic E-state index is 0.0779. The molecule has 0 spiro atoms. The van der Waals surface area contributed by atoms with E-state index in [1.807, 2.05) is 38.1 Å². The summed E-state index contributed by atoms with van der Waals surface area (Å²) in [6, 6.07) is 7.62. The van der Waals surface area contributed by atoms with E-state index < -0.39 is 10.0 Å². The van der Waals surface area contributed by atoms with Crippen LogP contribution in [0.15, 0.2) is 24.3 Å². The Morgan fingerprint density at radius 3 is 2.76 bits per heavy atom. The number of hydrogen-bond acceptors (Lipinski definition) is 4. The number of ether oxygens (including phenoxy) is 1. The molecule has 1 aromatic carbocycles. The molecular weight excluding hydrogens is 340 g/mol. The fourth-order valence-corrected chi connectivity index (χ4v) is 4.59. The van der Waals surface area contributed by atoms with Crippen molar-refractivity contribution in [1.82, 2.24) is 9.62 Å². The number of rotatable bonds is 3. The molecule has 1 saturated heterocycles. The molecule has 138 valence electrons. The van der Waals surface area contributed by atoms with Gasteiger partial charge in [0.2, 0.25) is 15.9 Å². The summed E-state index contributed by atoms with van der Waals surface area (Å²) in [7, 11) is -3.26. The first-order valence-corrected chi connectivity index (χ1v) is 10.5. The second-order valence-corrected chi connectivity index (χ2v) is 9.61. The molecule has 2 aliphatic heterocycles. The van der Waals surface area contributed by atoms with E-state index in [1.165, 1.54) is 10.6 Å². The fraction of sp³-hybridized carbons (Fsp3) is 0.611. The van der Waals surface area contributed by atoms with Gasteiger partial charge in [0.25, 0.3) is 0 Å². The zero-order chi connectivity index (χ0) is 18.2. The molecule has 0 aromatic heterocycles. The van der Waals surface area contributed by atoms with Crippen molar-refractivity contribution in [3.8, 4) is 5.75 Å². The third-order valence-corrected chi connectivity index (χ3v) is 6.19. The molecule has 2 atom stereocenters. The molecule has 1 aromatic rings. The number of nitrogens with zero attached hydrogens (tertiary/aromatic N) is 1. The normalized spacial score (nSPS) is 26.4. The molecule has 6 nitrogen and oxygen atoms in total. The van der Waals surface area contributed by atoms with Crippen molar-refractivity contribution < 1.29 is 17.9 Å². The van der Waals surface area contributed by atoms with E-state index in [1.54, 1.807) is 0 Å². The summed E-state index contributed by atoms with van der Waals surface area (Å²) in [5.41, 5.74) is 0.614. The summed E-state index contributed by atoms with van der Waals surface area (Å²) in [6.07, 6.45) is 3.30. The summed E-state index contributed by atoms with van der Waals surface area (Å²) in [5, 5.41) is 3.13. The lowest BCUT2D eigenvalue weighted by Crippen LogP contribution is -2.47. The average molecular weight is 366 g/mol. The van der Waals surface area contributed by atoms with Gasteiger partial charge in [0.15, 0.2) is 0 Å². The number of sulfonamides is 1. The first-order valence-electron chi connectivity index (χ1n) is 8.69. The van der Waals surface area contributed by atoms with Crippen LogP contribution >= 0.6 is 0 Å². The van der Waals surface area contributed by atoms with E-state index in [0.29, 0.717) is 25.8 Å². The van der Waals surface area contributed by atoms with Crippen LogP contribution in [0.1, 0.15) is 44.7 Å². The minimum Gasteiger partial charge on any atom is -0.487 e. The smallest absolute Gasteiger partial charge is 0.224 e. The number of nitrogens with one attached hydrogen (secondary N) is 1. The molecule has 0 radical (unpaired) electrons. The molecule has 2 aliphatic rings. The average Bonchev–Trinajstić information content (AvgIpc) is 2.53. The van der Waals surface area contributed by atoms with E-state index in [2.05, 4.69) is 5.32 Å². The second-order valence-electron chi connectivity index (χ2n) is 7.63. The topological polar surface area (TPSA) is 75.7 Å². The molecule has 3 rings (SSSR count). The standard InChI is InChI=1S/C18H26N2O4S/c1-18(2)11-15(14-8-4-5-9-16(14)24-18)19-17(21)13-7-6-10-20(12-13)25(3,22)23/h4-5,8-9,13,15H,6-7,10-12H2,1-3H3,(H,19,21)/t13-,15+/m1/s1. The van der Waals surface area contributed by atoms with E-state index in [4.69, 9.17) is 4.74 Å². The Balaban J connectivity index is 1.74. The van der Waals surface area contributed by atoms with Gasteiger partial charge in [-0.1, -0.05) is 18.2 Å². The maximum Gasteiger partial charge on any atom is 0.224 e. The first kappa shape index (κ1) is 18.2. The Hall–Kier alpha value is -1.60. The summed E-state index contributed by atoms with van der Waals surface area (Å²) >= 11 is 0. The van der Waals surface area contributed by atoms with Crippen molar-refractivity contribution in [2.45, 2.75) is 44.8 Å². The van der Waals surface area contributed by atoms with Crippen LogP contribution < -0.4 is 10.1 Å². The molecule has 1 N–H and O–H groups in total. The number of hydrogen-bond donors (Lipinski definition) is 1. The van der Waals surface area contributed by atoms with Gasteiger partial charge in [-0.2, -0.15) is 0 Å². The van der Waals surface area contributed by atoms with Gasteiger partial charge in [0.05, 0.1) is 18.2 Å². The zero-order valence-electron chi connectivity index (χ0n) is 15.0. The van der Waals surface area contributed by atoms with E-state index in [9.17, 15) is 13.2 Å². The molecule has 0 aliphatic carbocycles. The predicted molar refractivity (Wildman–Crippen MR) is 95.8 cm³/mol. The summed E-state index contributed by atoms with van der Waals surface area (Å²) in [5.74, 6) is 0.415. The Labute approximate surface area is 149 Å². The number of fused-ring (bicyclic) bond motifs is 1. The van der Waals surface area contributed by atoms with Gasteiger partial charge < -0.3 is 10.1 Å². The molecule has 0 unspecified atom stereocenters. The highest BCUT2D eigenvalue weighted by Gasteiger charge is 2.36. The maximum atomic E-state index is 12.8. The van der Waals surface area contributed by atoms with Gasteiger partial charge in [-0.15, -0.1) is 0 Å². The van der Waals surface area contributed by atoms with Crippen LogP contribution in [-0.4, -0.2) is 43.6 Å². The minimum atomic E-state index is -3.26. The van der Waals surface area contributed by atoms with Crippen LogP contribution in [0.4, 0.5) is 0 Å². The lowest BCUT2D eigenvalue weighted by Gasteiger charge is -2.39. The summed E-state index contributed by atoms with van der Waals surface area (Å²) in [6.45, 7) is 4.77. The maximum absolute atomic E-state index is 12.8. The van der Waals surface area contributed by atoms with E-state index in [0.717, 1.165) is 11.3 Å². The number of para-hydroxylation sites is 1. The molecule has 7 heteroatoms. The molecule has 2 heterocycles. The van der Waals surface area contributed by atoms with Gasteiger partial charge in [0.1, 0.15) is 11.4 Å². The highest BCUT2D eigenvalue weighted by molar-refractivity contribution is 7.88.